The van der Waals surface area contributed by atoms with E-state index in [0.29, 0.717) is 38.6 Å². The minimum absolute atomic E-state index is 0.0371. The maximum Gasteiger partial charge on any atom is 0.238 e. The molecule has 164 valence electrons. The van der Waals surface area contributed by atoms with E-state index in [1.807, 2.05) is 0 Å². The van der Waals surface area contributed by atoms with Gasteiger partial charge < -0.3 is 4.98 Å². The van der Waals surface area contributed by atoms with Crippen molar-refractivity contribution in [2.45, 2.75) is 9.79 Å². The van der Waals surface area contributed by atoms with Gasteiger partial charge in [-0.3, -0.25) is 0 Å². The van der Waals surface area contributed by atoms with Crippen molar-refractivity contribution in [1.82, 2.24) is 9.97 Å². The number of fused-ring (bicyclic) bond motifs is 1. The molecular weight excluding hydrogens is 470 g/mol. The normalized spacial score (nSPS) is 12.6. The predicted octanol–water partition coefficient (Wildman–Crippen LogP) is 4.10. The monoisotopic (exact) mass is 487 g/mol. The zero-order valence-corrected chi connectivity index (χ0v) is 19.2. The molecule has 0 amide bonds. The van der Waals surface area contributed by atoms with Crippen LogP contribution in [-0.2, 0) is 19.9 Å². The fourth-order valence-electron chi connectivity index (χ4n) is 3.36. The second-order valence-electron chi connectivity index (χ2n) is 7.18. The predicted molar refractivity (Wildman–Crippen MR) is 126 cm³/mol. The Morgan fingerprint density at radius 2 is 1.69 bits per heavy atom. The fraction of sp³-hybridized carbons (Fsp3) is 0.0455. The third-order valence-electron chi connectivity index (χ3n) is 4.80. The van der Waals surface area contributed by atoms with E-state index in [4.69, 9.17) is 16.7 Å². The maximum atomic E-state index is 12.1. The second kappa shape index (κ2) is 8.18. The van der Waals surface area contributed by atoms with Crippen molar-refractivity contribution in [3.05, 3.63) is 77.1 Å². The number of aromatic amines is 1. The van der Waals surface area contributed by atoms with Crippen LogP contribution in [0.25, 0.3) is 34.3 Å². The molecule has 0 fully saturated rings. The molecule has 0 bridgehead atoms. The Kier molecular flexibility index (Phi) is 5.68. The Balaban J connectivity index is 1.74. The van der Waals surface area contributed by atoms with E-state index in [1.165, 1.54) is 12.1 Å². The molecule has 0 aliphatic heterocycles. The summed E-state index contributed by atoms with van der Waals surface area (Å²) >= 11 is 5.95. The zero-order valence-electron chi connectivity index (χ0n) is 16.8. The molecule has 3 aromatic carbocycles. The van der Waals surface area contributed by atoms with E-state index in [0.717, 1.165) is 6.26 Å². The minimum Gasteiger partial charge on any atom is -0.338 e. The highest BCUT2D eigenvalue weighted by Gasteiger charge is 2.15. The van der Waals surface area contributed by atoms with Crippen LogP contribution in [0.1, 0.15) is 11.4 Å². The van der Waals surface area contributed by atoms with Crippen LogP contribution in [0.2, 0.25) is 5.02 Å². The first kappa shape index (κ1) is 22.2. The summed E-state index contributed by atoms with van der Waals surface area (Å²) in [5.74, 6) is 0.506. The van der Waals surface area contributed by atoms with Crippen LogP contribution in [0.5, 0.6) is 0 Å². The number of halogens is 1. The van der Waals surface area contributed by atoms with E-state index in [-0.39, 0.29) is 9.79 Å². The minimum atomic E-state index is -3.88. The zero-order chi connectivity index (χ0) is 23.1. The first-order valence-corrected chi connectivity index (χ1v) is 13.1. The first-order chi connectivity index (χ1) is 15.0. The van der Waals surface area contributed by atoms with Gasteiger partial charge >= 0.3 is 0 Å². The average molecular weight is 488 g/mol. The van der Waals surface area contributed by atoms with Gasteiger partial charge in [-0.1, -0.05) is 41.9 Å². The first-order valence-electron chi connectivity index (χ1n) is 9.32. The Morgan fingerprint density at radius 1 is 0.938 bits per heavy atom. The van der Waals surface area contributed by atoms with Crippen LogP contribution in [-0.4, -0.2) is 33.1 Å². The summed E-state index contributed by atoms with van der Waals surface area (Å²) in [6.07, 6.45) is 4.43. The molecule has 0 aliphatic rings. The van der Waals surface area contributed by atoms with Gasteiger partial charge in [-0.2, -0.15) is 0 Å². The molecule has 0 atom stereocenters. The summed E-state index contributed by atoms with van der Waals surface area (Å²) in [6, 6.07) is 16.5. The van der Waals surface area contributed by atoms with Crippen LogP contribution in [0.3, 0.4) is 0 Å². The maximum absolute atomic E-state index is 12.1. The molecule has 0 saturated carbocycles. The van der Waals surface area contributed by atoms with Crippen molar-refractivity contribution in [1.29, 1.82) is 0 Å². The molecule has 1 aromatic heterocycles. The van der Waals surface area contributed by atoms with E-state index in [2.05, 4.69) is 9.97 Å². The lowest BCUT2D eigenvalue weighted by molar-refractivity contribution is 0.597. The summed E-state index contributed by atoms with van der Waals surface area (Å²) in [6.45, 7) is 0. The van der Waals surface area contributed by atoms with Gasteiger partial charge in [-0.15, -0.1) is 0 Å². The number of hydrogen-bond donors (Lipinski definition) is 2. The van der Waals surface area contributed by atoms with Crippen molar-refractivity contribution in [2.75, 3.05) is 6.26 Å². The van der Waals surface area contributed by atoms with Crippen LogP contribution in [0, 0.1) is 0 Å². The smallest absolute Gasteiger partial charge is 0.238 e. The van der Waals surface area contributed by atoms with Crippen LogP contribution in [0.15, 0.2) is 70.5 Å². The van der Waals surface area contributed by atoms with Crippen molar-refractivity contribution in [3.63, 3.8) is 0 Å². The lowest BCUT2D eigenvalue weighted by atomic mass is 10.1. The molecule has 10 heteroatoms. The Morgan fingerprint density at radius 3 is 2.41 bits per heavy atom. The van der Waals surface area contributed by atoms with E-state index >= 15 is 0 Å². The molecule has 0 saturated heterocycles. The van der Waals surface area contributed by atoms with Crippen molar-refractivity contribution >= 4 is 54.6 Å². The number of nitrogens with zero attached hydrogens (tertiary/aromatic N) is 1. The van der Waals surface area contributed by atoms with Gasteiger partial charge in [0.2, 0.25) is 10.0 Å². The number of aromatic nitrogens is 2. The molecule has 4 aromatic rings. The third-order valence-corrected chi connectivity index (χ3v) is 7.16. The van der Waals surface area contributed by atoms with Crippen LogP contribution in [0.4, 0.5) is 0 Å². The van der Waals surface area contributed by atoms with E-state index < -0.39 is 19.9 Å². The lowest BCUT2D eigenvalue weighted by Crippen LogP contribution is -2.13. The Bertz CT molecular complexity index is 1590. The number of hydrogen-bond acceptors (Lipinski definition) is 5. The van der Waals surface area contributed by atoms with Gasteiger partial charge in [0.15, 0.2) is 9.84 Å². The molecule has 0 spiro atoms. The second-order valence-corrected chi connectivity index (χ2v) is 11.1. The van der Waals surface area contributed by atoms with Gasteiger partial charge in [0.25, 0.3) is 0 Å². The Labute approximate surface area is 190 Å². The number of benzene rings is 3. The number of primary sulfonamides is 1. The van der Waals surface area contributed by atoms with Crippen molar-refractivity contribution in [2.24, 2.45) is 5.14 Å². The summed E-state index contributed by atoms with van der Waals surface area (Å²) in [7, 11) is -7.35. The summed E-state index contributed by atoms with van der Waals surface area (Å²) in [4.78, 5) is 7.79. The lowest BCUT2D eigenvalue weighted by Gasteiger charge is -2.07. The molecule has 0 aliphatic carbocycles. The average Bonchev–Trinajstić information content (AvgIpc) is 3.13. The highest BCUT2D eigenvalue weighted by molar-refractivity contribution is 7.90. The molecule has 32 heavy (non-hydrogen) atoms. The molecule has 4 rings (SSSR count). The highest BCUT2D eigenvalue weighted by atomic mass is 35.5. The van der Waals surface area contributed by atoms with Gasteiger partial charge in [-0.05, 0) is 53.6 Å². The number of sulfonamides is 1. The molecule has 7 nitrogen and oxygen atoms in total. The summed E-state index contributed by atoms with van der Waals surface area (Å²) in [5.41, 5.74) is 2.99. The number of sulfone groups is 1. The van der Waals surface area contributed by atoms with Crippen molar-refractivity contribution in [3.8, 4) is 11.1 Å². The topological polar surface area (TPSA) is 123 Å². The van der Waals surface area contributed by atoms with Crippen molar-refractivity contribution < 1.29 is 16.8 Å². The SMILES string of the molecule is CS(=O)(=O)c1cc(Cl)ccc1/C=C/c1nc2ccc(-c3ccccc3S(N)(=O)=O)cc2[nH]1. The van der Waals surface area contributed by atoms with E-state index in [9.17, 15) is 16.8 Å². The molecule has 3 N–H and O–H groups in total. The molecule has 1 heterocycles. The third kappa shape index (κ3) is 4.61. The Hall–Kier alpha value is -2.98. The fourth-order valence-corrected chi connectivity index (χ4v) is 5.27. The largest absolute Gasteiger partial charge is 0.338 e. The molecule has 0 radical (unpaired) electrons. The van der Waals surface area contributed by atoms with Gasteiger partial charge in [0.05, 0.1) is 20.8 Å². The quantitative estimate of drug-likeness (QED) is 0.438. The molecule has 0 unspecified atom stereocenters. The van der Waals surface area contributed by atoms with E-state index in [1.54, 1.807) is 60.7 Å². The number of nitrogens with one attached hydrogen (secondary N) is 1. The number of imidazole rings is 1. The van der Waals surface area contributed by atoms with Gasteiger partial charge in [0.1, 0.15) is 5.82 Å². The standard InChI is InChI=1S/C22H18ClN3O4S2/c1-31(27,28)21-13-16(23)9-6-14(21)8-11-22-25-18-10-7-15(12-19(18)26-22)17-4-2-3-5-20(17)32(24,29)30/h2-13H,1H3,(H,25,26)(H2,24,29,30)/b11-8+. The summed E-state index contributed by atoms with van der Waals surface area (Å²) < 4.78 is 48.0. The number of rotatable bonds is 5. The number of nitrogens with two attached hydrogens (primary N) is 1. The molecular formula is C22H18ClN3O4S2. The van der Waals surface area contributed by atoms with Gasteiger partial charge in [-0.25, -0.2) is 27.0 Å². The highest BCUT2D eigenvalue weighted by Crippen LogP contribution is 2.29. The van der Waals surface area contributed by atoms with Crippen LogP contribution >= 0.6 is 11.6 Å². The summed E-state index contributed by atoms with van der Waals surface area (Å²) in [5, 5.41) is 5.68. The van der Waals surface area contributed by atoms with Crippen LogP contribution < -0.4 is 5.14 Å². The number of H-pyrrole nitrogens is 1. The van der Waals surface area contributed by atoms with Gasteiger partial charge in [0, 0.05) is 16.8 Å².